The number of rotatable bonds is 6. The molecule has 0 amide bonds. The van der Waals surface area contributed by atoms with Gasteiger partial charge in [0.1, 0.15) is 5.82 Å². The number of sulfonamides is 1. The van der Waals surface area contributed by atoms with Crippen LogP contribution in [0.2, 0.25) is 0 Å². The first kappa shape index (κ1) is 16.8. The summed E-state index contributed by atoms with van der Waals surface area (Å²) in [5.74, 6) is -0.714. The van der Waals surface area contributed by atoms with Gasteiger partial charge in [-0.05, 0) is 40.8 Å². The van der Waals surface area contributed by atoms with Gasteiger partial charge in [0.05, 0.1) is 16.3 Å². The van der Waals surface area contributed by atoms with Crippen molar-refractivity contribution >= 4 is 21.4 Å². The predicted octanol–water partition coefficient (Wildman–Crippen LogP) is 3.57. The SMILES string of the molecule is O=S(=O)(Cc1cccc(F)c1)NCc1cccnc1-c1cccs1. The summed E-state index contributed by atoms with van der Waals surface area (Å²) in [6.07, 6.45) is 1.68. The Morgan fingerprint density at radius 1 is 1.12 bits per heavy atom. The van der Waals surface area contributed by atoms with E-state index in [1.165, 1.54) is 18.2 Å². The Bertz CT molecular complexity index is 925. The van der Waals surface area contributed by atoms with Crippen molar-refractivity contribution in [3.63, 3.8) is 0 Å². The van der Waals surface area contributed by atoms with Crippen molar-refractivity contribution in [1.82, 2.24) is 9.71 Å². The number of pyridine rings is 1. The molecule has 7 heteroatoms. The molecule has 0 saturated carbocycles. The summed E-state index contributed by atoms with van der Waals surface area (Å²) in [6.45, 7) is 0.138. The maximum absolute atomic E-state index is 13.2. The fraction of sp³-hybridized carbons (Fsp3) is 0.118. The minimum Gasteiger partial charge on any atom is -0.255 e. The zero-order valence-electron chi connectivity index (χ0n) is 12.6. The average molecular weight is 362 g/mol. The highest BCUT2D eigenvalue weighted by atomic mass is 32.2. The molecule has 3 rings (SSSR count). The zero-order valence-corrected chi connectivity index (χ0v) is 14.3. The van der Waals surface area contributed by atoms with E-state index in [0.717, 1.165) is 16.1 Å². The molecule has 4 nitrogen and oxygen atoms in total. The van der Waals surface area contributed by atoms with Crippen LogP contribution in [0.1, 0.15) is 11.1 Å². The first-order valence-corrected chi connectivity index (χ1v) is 9.76. The van der Waals surface area contributed by atoms with Gasteiger partial charge in [-0.3, -0.25) is 4.98 Å². The smallest absolute Gasteiger partial charge is 0.216 e. The van der Waals surface area contributed by atoms with Crippen molar-refractivity contribution in [3.8, 4) is 10.6 Å². The molecule has 2 heterocycles. The van der Waals surface area contributed by atoms with E-state index in [0.29, 0.717) is 5.56 Å². The van der Waals surface area contributed by atoms with Gasteiger partial charge in [0.2, 0.25) is 10.0 Å². The van der Waals surface area contributed by atoms with Crippen LogP contribution in [0.5, 0.6) is 0 Å². The Morgan fingerprint density at radius 2 is 2.00 bits per heavy atom. The van der Waals surface area contributed by atoms with E-state index in [9.17, 15) is 12.8 Å². The van der Waals surface area contributed by atoms with Crippen molar-refractivity contribution in [2.24, 2.45) is 0 Å². The molecule has 0 aliphatic carbocycles. The van der Waals surface area contributed by atoms with Crippen molar-refractivity contribution < 1.29 is 12.8 Å². The standard InChI is InChI=1S/C17H15FN2O2S2/c18-15-6-1-4-13(10-15)12-24(21,22)20-11-14-5-2-8-19-17(14)16-7-3-9-23-16/h1-10,20H,11-12H2. The van der Waals surface area contributed by atoms with Gasteiger partial charge in [0.25, 0.3) is 0 Å². The molecule has 0 spiro atoms. The van der Waals surface area contributed by atoms with Gasteiger partial charge >= 0.3 is 0 Å². The summed E-state index contributed by atoms with van der Waals surface area (Å²) in [7, 11) is -3.58. The second kappa shape index (κ2) is 7.21. The highest BCUT2D eigenvalue weighted by molar-refractivity contribution is 7.88. The molecule has 0 unspecified atom stereocenters. The number of hydrogen-bond acceptors (Lipinski definition) is 4. The molecule has 2 aromatic heterocycles. The maximum Gasteiger partial charge on any atom is 0.216 e. The monoisotopic (exact) mass is 362 g/mol. The summed E-state index contributed by atoms with van der Waals surface area (Å²) >= 11 is 1.55. The van der Waals surface area contributed by atoms with Gasteiger partial charge in [-0.25, -0.2) is 17.5 Å². The normalized spacial score (nSPS) is 11.5. The number of halogens is 1. The Kier molecular flexibility index (Phi) is 5.03. The van der Waals surface area contributed by atoms with Crippen LogP contribution in [-0.4, -0.2) is 13.4 Å². The van der Waals surface area contributed by atoms with Gasteiger partial charge in [0.15, 0.2) is 0 Å². The van der Waals surface area contributed by atoms with Crippen molar-refractivity contribution in [1.29, 1.82) is 0 Å². The number of thiophene rings is 1. The largest absolute Gasteiger partial charge is 0.255 e. The Hall–Kier alpha value is -2.09. The Balaban J connectivity index is 1.74. The third kappa shape index (κ3) is 4.25. The molecule has 0 radical (unpaired) electrons. The van der Waals surface area contributed by atoms with Crippen molar-refractivity contribution in [2.75, 3.05) is 0 Å². The van der Waals surface area contributed by atoms with Crippen molar-refractivity contribution in [2.45, 2.75) is 12.3 Å². The van der Waals surface area contributed by atoms with Crippen LogP contribution < -0.4 is 4.72 Å². The van der Waals surface area contributed by atoms with Gasteiger partial charge in [-0.15, -0.1) is 11.3 Å². The molecule has 0 fully saturated rings. The lowest BCUT2D eigenvalue weighted by atomic mass is 10.2. The van der Waals surface area contributed by atoms with Gasteiger partial charge in [0, 0.05) is 12.7 Å². The summed E-state index contributed by atoms with van der Waals surface area (Å²) in [5.41, 5.74) is 1.97. The highest BCUT2D eigenvalue weighted by Gasteiger charge is 2.14. The van der Waals surface area contributed by atoms with Crippen LogP contribution >= 0.6 is 11.3 Å². The number of benzene rings is 1. The first-order chi connectivity index (χ1) is 11.5. The quantitative estimate of drug-likeness (QED) is 0.729. The molecule has 3 aromatic rings. The minimum atomic E-state index is -3.58. The average Bonchev–Trinajstić information content (AvgIpc) is 3.07. The molecule has 24 heavy (non-hydrogen) atoms. The molecule has 0 saturated heterocycles. The number of hydrogen-bond donors (Lipinski definition) is 1. The molecule has 0 aliphatic heterocycles. The summed E-state index contributed by atoms with van der Waals surface area (Å²) in [6, 6.07) is 13.1. The fourth-order valence-electron chi connectivity index (χ4n) is 2.30. The number of nitrogens with zero attached hydrogens (tertiary/aromatic N) is 1. The highest BCUT2D eigenvalue weighted by Crippen LogP contribution is 2.25. The number of aromatic nitrogens is 1. The molecule has 1 N–H and O–H groups in total. The minimum absolute atomic E-state index is 0.138. The van der Waals surface area contributed by atoms with E-state index in [2.05, 4.69) is 9.71 Å². The van der Waals surface area contributed by atoms with E-state index in [4.69, 9.17) is 0 Å². The van der Waals surface area contributed by atoms with Gasteiger partial charge < -0.3 is 0 Å². The Labute approximate surface area is 144 Å². The zero-order chi connectivity index (χ0) is 17.0. The van der Waals surface area contributed by atoms with E-state index >= 15 is 0 Å². The van der Waals surface area contributed by atoms with Gasteiger partial charge in [-0.2, -0.15) is 0 Å². The molecule has 1 aromatic carbocycles. The van der Waals surface area contributed by atoms with Gasteiger partial charge in [-0.1, -0.05) is 24.3 Å². The number of nitrogens with one attached hydrogen (secondary N) is 1. The molecule has 0 atom stereocenters. The third-order valence-corrected chi connectivity index (χ3v) is 5.55. The topological polar surface area (TPSA) is 59.1 Å². The van der Waals surface area contributed by atoms with E-state index in [1.54, 1.807) is 29.7 Å². The molecule has 0 bridgehead atoms. The summed E-state index contributed by atoms with van der Waals surface area (Å²) in [4.78, 5) is 5.32. The lowest BCUT2D eigenvalue weighted by Gasteiger charge is -2.10. The van der Waals surface area contributed by atoms with Crippen LogP contribution in [0, 0.1) is 5.82 Å². The van der Waals surface area contributed by atoms with E-state index in [1.807, 2.05) is 23.6 Å². The second-order valence-corrected chi connectivity index (χ2v) is 7.95. The van der Waals surface area contributed by atoms with E-state index in [-0.39, 0.29) is 12.3 Å². The maximum atomic E-state index is 13.2. The van der Waals surface area contributed by atoms with Crippen LogP contribution in [0.15, 0.2) is 60.1 Å². The lowest BCUT2D eigenvalue weighted by molar-refractivity contribution is 0.580. The van der Waals surface area contributed by atoms with Crippen LogP contribution in [0.4, 0.5) is 4.39 Å². The summed E-state index contributed by atoms with van der Waals surface area (Å²) in [5, 5.41) is 1.95. The first-order valence-electron chi connectivity index (χ1n) is 7.23. The predicted molar refractivity (Wildman–Crippen MR) is 93.4 cm³/mol. The Morgan fingerprint density at radius 3 is 2.75 bits per heavy atom. The lowest BCUT2D eigenvalue weighted by Crippen LogP contribution is -2.25. The molecule has 0 aliphatic rings. The summed E-state index contributed by atoms with van der Waals surface area (Å²) < 4.78 is 40.2. The van der Waals surface area contributed by atoms with Crippen LogP contribution in [-0.2, 0) is 22.3 Å². The molecular formula is C17H15FN2O2S2. The van der Waals surface area contributed by atoms with Crippen molar-refractivity contribution in [3.05, 3.63) is 77.1 Å². The van der Waals surface area contributed by atoms with Crippen LogP contribution in [0.25, 0.3) is 10.6 Å². The van der Waals surface area contributed by atoms with Crippen LogP contribution in [0.3, 0.4) is 0 Å². The molecule has 124 valence electrons. The third-order valence-electron chi connectivity index (χ3n) is 3.37. The fourth-order valence-corrected chi connectivity index (χ4v) is 4.15. The molecular weight excluding hydrogens is 347 g/mol. The second-order valence-electron chi connectivity index (χ2n) is 5.20. The van der Waals surface area contributed by atoms with E-state index < -0.39 is 15.8 Å².